The molecule has 0 bridgehead atoms. The van der Waals surface area contributed by atoms with Crippen LogP contribution in [-0.2, 0) is 0 Å². The highest BCUT2D eigenvalue weighted by Gasteiger charge is 2.13. The quantitative estimate of drug-likeness (QED) is 0.808. The van der Waals surface area contributed by atoms with Gasteiger partial charge in [-0.3, -0.25) is 0 Å². The minimum atomic E-state index is 0.179. The number of anilines is 1. The van der Waals surface area contributed by atoms with Crippen LogP contribution in [-0.4, -0.2) is 14.1 Å². The Balaban J connectivity index is 2.79. The van der Waals surface area contributed by atoms with E-state index in [1.54, 1.807) is 11.3 Å². The zero-order valence-corrected chi connectivity index (χ0v) is 9.56. The topological polar surface area (TPSA) is 29.3 Å². The summed E-state index contributed by atoms with van der Waals surface area (Å²) in [4.78, 5) is 3.39. The fourth-order valence-electron chi connectivity index (χ4n) is 1.09. The van der Waals surface area contributed by atoms with Gasteiger partial charge in [-0.2, -0.15) is 0 Å². The molecule has 13 heavy (non-hydrogen) atoms. The van der Waals surface area contributed by atoms with Crippen molar-refractivity contribution in [3.05, 3.63) is 17.0 Å². The molecular formula is C10H18N2S. The molecule has 1 rings (SSSR count). The predicted molar refractivity (Wildman–Crippen MR) is 60.4 cm³/mol. The number of hydrogen-bond donors (Lipinski definition) is 1. The van der Waals surface area contributed by atoms with Gasteiger partial charge in [0, 0.05) is 25.0 Å². The molecule has 0 radical (unpaired) electrons. The fourth-order valence-corrected chi connectivity index (χ4v) is 2.19. The summed E-state index contributed by atoms with van der Waals surface area (Å²) < 4.78 is 0. The maximum Gasteiger partial charge on any atom is 0.0906 e. The van der Waals surface area contributed by atoms with Gasteiger partial charge in [-0.05, 0) is 18.1 Å². The fraction of sp³-hybridized carbons (Fsp3) is 0.600. The van der Waals surface area contributed by atoms with Crippen LogP contribution in [0.3, 0.4) is 0 Å². The first-order valence-electron chi connectivity index (χ1n) is 4.55. The monoisotopic (exact) mass is 198 g/mol. The minimum absolute atomic E-state index is 0.179. The Morgan fingerprint density at radius 1 is 1.31 bits per heavy atom. The van der Waals surface area contributed by atoms with Gasteiger partial charge in [0.15, 0.2) is 0 Å². The van der Waals surface area contributed by atoms with Crippen LogP contribution in [0.1, 0.15) is 24.8 Å². The largest absolute Gasteiger partial charge is 0.370 e. The molecular weight excluding hydrogens is 180 g/mol. The first-order chi connectivity index (χ1) is 6.02. The lowest BCUT2D eigenvalue weighted by atomic mass is 10.0. The maximum atomic E-state index is 6.04. The number of rotatable bonds is 3. The van der Waals surface area contributed by atoms with Crippen LogP contribution >= 0.6 is 11.3 Å². The zero-order chi connectivity index (χ0) is 10.0. The zero-order valence-electron chi connectivity index (χ0n) is 8.74. The van der Waals surface area contributed by atoms with Crippen molar-refractivity contribution in [1.29, 1.82) is 0 Å². The van der Waals surface area contributed by atoms with Crippen LogP contribution in [0.25, 0.3) is 0 Å². The summed E-state index contributed by atoms with van der Waals surface area (Å²) in [6.07, 6.45) is 0. The first kappa shape index (κ1) is 10.5. The van der Waals surface area contributed by atoms with Crippen molar-refractivity contribution in [2.75, 3.05) is 19.0 Å². The Morgan fingerprint density at radius 3 is 2.31 bits per heavy atom. The molecule has 0 spiro atoms. The Kier molecular flexibility index (Phi) is 3.33. The van der Waals surface area contributed by atoms with Crippen molar-refractivity contribution >= 4 is 16.3 Å². The van der Waals surface area contributed by atoms with Gasteiger partial charge in [0.05, 0.1) is 5.00 Å². The third-order valence-corrected chi connectivity index (χ3v) is 3.45. The van der Waals surface area contributed by atoms with Crippen LogP contribution in [0.2, 0.25) is 0 Å². The Labute approximate surface area is 84.4 Å². The summed E-state index contributed by atoms with van der Waals surface area (Å²) in [7, 11) is 4.10. The van der Waals surface area contributed by atoms with E-state index in [0.717, 1.165) is 0 Å². The van der Waals surface area contributed by atoms with Gasteiger partial charge < -0.3 is 10.6 Å². The molecule has 0 amide bonds. The molecule has 0 aliphatic heterocycles. The maximum absolute atomic E-state index is 6.04. The van der Waals surface area contributed by atoms with Crippen molar-refractivity contribution in [3.63, 3.8) is 0 Å². The Morgan fingerprint density at radius 2 is 1.92 bits per heavy atom. The van der Waals surface area contributed by atoms with E-state index >= 15 is 0 Å². The second-order valence-corrected chi connectivity index (χ2v) is 4.93. The summed E-state index contributed by atoms with van der Waals surface area (Å²) in [6.45, 7) is 4.30. The molecule has 0 saturated carbocycles. The van der Waals surface area contributed by atoms with Crippen molar-refractivity contribution in [2.24, 2.45) is 11.7 Å². The predicted octanol–water partition coefficient (Wildman–Crippen LogP) is 2.47. The molecule has 1 aromatic heterocycles. The van der Waals surface area contributed by atoms with Crippen LogP contribution in [0.5, 0.6) is 0 Å². The SMILES string of the molecule is CC(C)[C@@H](N)c1ccc(N(C)C)s1. The molecule has 0 aromatic carbocycles. The highest BCUT2D eigenvalue weighted by atomic mass is 32.1. The van der Waals surface area contributed by atoms with Crippen molar-refractivity contribution in [3.8, 4) is 0 Å². The summed E-state index contributed by atoms with van der Waals surface area (Å²) >= 11 is 1.78. The van der Waals surface area contributed by atoms with Gasteiger partial charge in [0.2, 0.25) is 0 Å². The Hall–Kier alpha value is -0.540. The van der Waals surface area contributed by atoms with E-state index in [1.807, 2.05) is 0 Å². The number of hydrogen-bond acceptors (Lipinski definition) is 3. The summed E-state index contributed by atoms with van der Waals surface area (Å²) in [5, 5.41) is 1.27. The molecule has 3 heteroatoms. The van der Waals surface area contributed by atoms with Gasteiger partial charge in [0.25, 0.3) is 0 Å². The molecule has 0 saturated heterocycles. The van der Waals surface area contributed by atoms with Crippen LogP contribution in [0.4, 0.5) is 5.00 Å². The van der Waals surface area contributed by atoms with Crippen LogP contribution in [0.15, 0.2) is 12.1 Å². The number of nitrogens with zero attached hydrogens (tertiary/aromatic N) is 1. The summed E-state index contributed by atoms with van der Waals surface area (Å²) in [5.74, 6) is 0.508. The van der Waals surface area contributed by atoms with E-state index in [1.165, 1.54) is 9.88 Å². The molecule has 1 aromatic rings. The van der Waals surface area contributed by atoms with E-state index in [2.05, 4.69) is 45.0 Å². The molecule has 0 aliphatic rings. The number of nitrogens with two attached hydrogens (primary N) is 1. The van der Waals surface area contributed by atoms with E-state index in [-0.39, 0.29) is 6.04 Å². The second-order valence-electron chi connectivity index (χ2n) is 3.84. The minimum Gasteiger partial charge on any atom is -0.370 e. The van der Waals surface area contributed by atoms with Gasteiger partial charge in [-0.1, -0.05) is 13.8 Å². The lowest BCUT2D eigenvalue weighted by Crippen LogP contribution is -2.15. The highest BCUT2D eigenvalue weighted by molar-refractivity contribution is 7.16. The van der Waals surface area contributed by atoms with E-state index in [9.17, 15) is 0 Å². The van der Waals surface area contributed by atoms with Gasteiger partial charge >= 0.3 is 0 Å². The van der Waals surface area contributed by atoms with Gasteiger partial charge in [0.1, 0.15) is 0 Å². The van der Waals surface area contributed by atoms with Crippen LogP contribution < -0.4 is 10.6 Å². The summed E-state index contributed by atoms with van der Waals surface area (Å²) in [5.41, 5.74) is 6.04. The number of thiophene rings is 1. The van der Waals surface area contributed by atoms with E-state index in [0.29, 0.717) is 5.92 Å². The average molecular weight is 198 g/mol. The normalized spacial score (nSPS) is 13.4. The average Bonchev–Trinajstić information content (AvgIpc) is 2.50. The molecule has 2 N–H and O–H groups in total. The third kappa shape index (κ3) is 2.45. The first-order valence-corrected chi connectivity index (χ1v) is 5.36. The van der Waals surface area contributed by atoms with Gasteiger partial charge in [-0.25, -0.2) is 0 Å². The molecule has 1 heterocycles. The third-order valence-electron chi connectivity index (χ3n) is 2.10. The second kappa shape index (κ2) is 4.11. The van der Waals surface area contributed by atoms with Crippen molar-refractivity contribution < 1.29 is 0 Å². The Bertz CT molecular complexity index is 266. The van der Waals surface area contributed by atoms with Crippen molar-refractivity contribution in [2.45, 2.75) is 19.9 Å². The van der Waals surface area contributed by atoms with Crippen LogP contribution in [0, 0.1) is 5.92 Å². The lowest BCUT2D eigenvalue weighted by molar-refractivity contribution is 0.521. The standard InChI is InChI=1S/C10H18N2S/c1-7(2)10(11)8-5-6-9(13-8)12(3)4/h5-7,10H,11H2,1-4H3/t10-/m1/s1. The molecule has 2 nitrogen and oxygen atoms in total. The summed E-state index contributed by atoms with van der Waals surface area (Å²) in [6, 6.07) is 4.44. The molecule has 1 atom stereocenters. The van der Waals surface area contributed by atoms with E-state index < -0.39 is 0 Å². The van der Waals surface area contributed by atoms with Crippen molar-refractivity contribution in [1.82, 2.24) is 0 Å². The molecule has 0 fully saturated rings. The lowest BCUT2D eigenvalue weighted by Gasteiger charge is -2.13. The van der Waals surface area contributed by atoms with E-state index in [4.69, 9.17) is 5.73 Å². The molecule has 0 aliphatic carbocycles. The molecule has 74 valence electrons. The smallest absolute Gasteiger partial charge is 0.0906 e. The van der Waals surface area contributed by atoms with Gasteiger partial charge in [-0.15, -0.1) is 11.3 Å². The highest BCUT2D eigenvalue weighted by Crippen LogP contribution is 2.30. The molecule has 0 unspecified atom stereocenters.